The van der Waals surface area contributed by atoms with E-state index in [-0.39, 0.29) is 0 Å². The van der Waals surface area contributed by atoms with Crippen molar-refractivity contribution < 1.29 is 0 Å². The van der Waals surface area contributed by atoms with Crippen LogP contribution in [0.25, 0.3) is 28.1 Å². The molecule has 1 fully saturated rings. The fourth-order valence-electron chi connectivity index (χ4n) is 3.41. The SMILES string of the molecule is c1cn(-c2ccc3cn[nH]c3c2)c(-c2cn(C3CCNCC3)nn2)n1. The van der Waals surface area contributed by atoms with Gasteiger partial charge in [0.1, 0.15) is 5.69 Å². The monoisotopic (exact) mass is 334 g/mol. The molecule has 0 aliphatic carbocycles. The summed E-state index contributed by atoms with van der Waals surface area (Å²) in [6, 6.07) is 6.57. The van der Waals surface area contributed by atoms with Gasteiger partial charge in [0.25, 0.3) is 0 Å². The Morgan fingerprint density at radius 3 is 3.00 bits per heavy atom. The highest BCUT2D eigenvalue weighted by Crippen LogP contribution is 2.24. The molecule has 0 unspecified atom stereocenters. The lowest BCUT2D eigenvalue weighted by Gasteiger charge is -2.22. The van der Waals surface area contributed by atoms with E-state index in [0.29, 0.717) is 6.04 Å². The first-order valence-electron chi connectivity index (χ1n) is 8.48. The molecule has 1 aliphatic heterocycles. The standard InChI is InChI=1S/C17H18N8/c1-2-14(9-15-12(1)10-20-21-15)24-8-7-19-17(24)16-11-25(23-22-16)13-3-5-18-6-4-13/h1-2,7-11,13,18H,3-6H2,(H,20,21). The number of H-pyrrole nitrogens is 1. The lowest BCUT2D eigenvalue weighted by molar-refractivity contribution is 0.337. The molecule has 1 aliphatic rings. The van der Waals surface area contributed by atoms with Crippen LogP contribution in [0.2, 0.25) is 0 Å². The van der Waals surface area contributed by atoms with E-state index in [2.05, 4.69) is 42.9 Å². The van der Waals surface area contributed by atoms with Gasteiger partial charge in [-0.05, 0) is 44.1 Å². The van der Waals surface area contributed by atoms with Gasteiger partial charge < -0.3 is 5.32 Å². The number of aromatic amines is 1. The maximum absolute atomic E-state index is 4.50. The van der Waals surface area contributed by atoms with Crippen LogP contribution in [-0.2, 0) is 0 Å². The summed E-state index contributed by atoms with van der Waals surface area (Å²) in [5.74, 6) is 0.791. The van der Waals surface area contributed by atoms with Gasteiger partial charge in [-0.2, -0.15) is 5.10 Å². The summed E-state index contributed by atoms with van der Waals surface area (Å²) in [5.41, 5.74) is 2.80. The molecule has 0 amide bonds. The quantitative estimate of drug-likeness (QED) is 0.597. The Balaban J connectivity index is 1.51. The Bertz CT molecular complexity index is 1000. The number of benzene rings is 1. The number of aromatic nitrogens is 7. The van der Waals surface area contributed by atoms with Crippen LogP contribution in [0.4, 0.5) is 0 Å². The molecule has 4 aromatic rings. The number of nitrogens with zero attached hydrogens (tertiary/aromatic N) is 6. The molecule has 0 saturated carbocycles. The van der Waals surface area contributed by atoms with Crippen LogP contribution in [0.1, 0.15) is 18.9 Å². The molecule has 1 saturated heterocycles. The van der Waals surface area contributed by atoms with Crippen molar-refractivity contribution in [3.05, 3.63) is 43.0 Å². The molecule has 0 bridgehead atoms. The molecule has 4 heterocycles. The first-order chi connectivity index (χ1) is 12.4. The summed E-state index contributed by atoms with van der Waals surface area (Å²) in [6.45, 7) is 2.05. The number of nitrogens with one attached hydrogen (secondary N) is 2. The molecule has 8 nitrogen and oxygen atoms in total. The largest absolute Gasteiger partial charge is 0.317 e. The first kappa shape index (κ1) is 14.4. The third kappa shape index (κ3) is 2.51. The van der Waals surface area contributed by atoms with E-state index in [1.54, 1.807) is 6.20 Å². The van der Waals surface area contributed by atoms with E-state index in [9.17, 15) is 0 Å². The predicted octanol–water partition coefficient (Wildman–Crippen LogP) is 1.93. The maximum atomic E-state index is 4.50. The highest BCUT2D eigenvalue weighted by molar-refractivity contribution is 5.80. The van der Waals surface area contributed by atoms with Crippen molar-refractivity contribution >= 4 is 10.9 Å². The van der Waals surface area contributed by atoms with Gasteiger partial charge in [0.05, 0.1) is 24.0 Å². The molecule has 1 aromatic carbocycles. The Morgan fingerprint density at radius 1 is 1.16 bits per heavy atom. The van der Waals surface area contributed by atoms with Gasteiger partial charge in [-0.1, -0.05) is 5.21 Å². The number of rotatable bonds is 3. The van der Waals surface area contributed by atoms with Gasteiger partial charge in [0, 0.05) is 23.5 Å². The molecular formula is C17H18N8. The number of imidazole rings is 1. The van der Waals surface area contributed by atoms with Crippen LogP contribution < -0.4 is 5.32 Å². The van der Waals surface area contributed by atoms with E-state index < -0.39 is 0 Å². The molecule has 0 spiro atoms. The Morgan fingerprint density at radius 2 is 2.08 bits per heavy atom. The first-order valence-corrected chi connectivity index (χ1v) is 8.48. The molecule has 0 atom stereocenters. The summed E-state index contributed by atoms with van der Waals surface area (Å²) in [4.78, 5) is 4.50. The minimum Gasteiger partial charge on any atom is -0.317 e. The number of piperidine rings is 1. The maximum Gasteiger partial charge on any atom is 0.166 e. The molecule has 3 aromatic heterocycles. The molecule has 8 heteroatoms. The second-order valence-electron chi connectivity index (χ2n) is 6.33. The zero-order valence-corrected chi connectivity index (χ0v) is 13.6. The van der Waals surface area contributed by atoms with Crippen LogP contribution in [0.15, 0.2) is 43.0 Å². The number of hydrogen-bond donors (Lipinski definition) is 2. The zero-order chi connectivity index (χ0) is 16.6. The summed E-state index contributed by atoms with van der Waals surface area (Å²) < 4.78 is 4.00. The van der Waals surface area contributed by atoms with Crippen LogP contribution in [0.5, 0.6) is 0 Å². The van der Waals surface area contributed by atoms with Crippen LogP contribution in [-0.4, -0.2) is 47.8 Å². The van der Waals surface area contributed by atoms with Gasteiger partial charge in [0.2, 0.25) is 0 Å². The normalized spacial score (nSPS) is 15.8. The minimum atomic E-state index is 0.409. The van der Waals surface area contributed by atoms with E-state index in [0.717, 1.165) is 54.0 Å². The molecule has 5 rings (SSSR count). The Labute approximate surface area is 143 Å². The molecular weight excluding hydrogens is 316 g/mol. The molecule has 126 valence electrons. The van der Waals surface area contributed by atoms with E-state index >= 15 is 0 Å². The molecule has 25 heavy (non-hydrogen) atoms. The average molecular weight is 334 g/mol. The smallest absolute Gasteiger partial charge is 0.166 e. The topological polar surface area (TPSA) is 89.2 Å². The van der Waals surface area contributed by atoms with Crippen molar-refractivity contribution in [3.8, 4) is 17.2 Å². The van der Waals surface area contributed by atoms with Gasteiger partial charge in [-0.15, -0.1) is 5.10 Å². The van der Waals surface area contributed by atoms with Crippen molar-refractivity contribution in [2.75, 3.05) is 13.1 Å². The second kappa shape index (κ2) is 5.82. The van der Waals surface area contributed by atoms with Crippen molar-refractivity contribution in [1.82, 2.24) is 40.1 Å². The van der Waals surface area contributed by atoms with Crippen molar-refractivity contribution in [2.45, 2.75) is 18.9 Å². The average Bonchev–Trinajstić information content (AvgIpc) is 3.40. The van der Waals surface area contributed by atoms with Gasteiger partial charge in [-0.25, -0.2) is 9.67 Å². The van der Waals surface area contributed by atoms with E-state index in [1.807, 2.05) is 33.9 Å². The van der Waals surface area contributed by atoms with Gasteiger partial charge in [0.15, 0.2) is 5.82 Å². The highest BCUT2D eigenvalue weighted by atomic mass is 15.4. The lowest BCUT2D eigenvalue weighted by atomic mass is 10.1. The highest BCUT2D eigenvalue weighted by Gasteiger charge is 2.18. The van der Waals surface area contributed by atoms with Gasteiger partial charge in [-0.3, -0.25) is 9.67 Å². The van der Waals surface area contributed by atoms with E-state index in [1.165, 1.54) is 0 Å². The van der Waals surface area contributed by atoms with E-state index in [4.69, 9.17) is 0 Å². The minimum absolute atomic E-state index is 0.409. The fraction of sp³-hybridized carbons (Fsp3) is 0.294. The molecule has 2 N–H and O–H groups in total. The van der Waals surface area contributed by atoms with Crippen molar-refractivity contribution in [1.29, 1.82) is 0 Å². The summed E-state index contributed by atoms with van der Waals surface area (Å²) >= 11 is 0. The van der Waals surface area contributed by atoms with Crippen LogP contribution in [0, 0.1) is 0 Å². The fourth-order valence-corrected chi connectivity index (χ4v) is 3.41. The number of fused-ring (bicyclic) bond motifs is 1. The summed E-state index contributed by atoms with van der Waals surface area (Å²) in [6.07, 6.45) is 9.70. The van der Waals surface area contributed by atoms with Crippen molar-refractivity contribution in [2.24, 2.45) is 0 Å². The number of hydrogen-bond acceptors (Lipinski definition) is 5. The zero-order valence-electron chi connectivity index (χ0n) is 13.6. The summed E-state index contributed by atoms with van der Waals surface area (Å²) in [5, 5.41) is 20.2. The predicted molar refractivity (Wildman–Crippen MR) is 93.4 cm³/mol. The summed E-state index contributed by atoms with van der Waals surface area (Å²) in [7, 11) is 0. The Hall–Kier alpha value is -3.00. The molecule has 0 radical (unpaired) electrons. The third-order valence-corrected chi connectivity index (χ3v) is 4.77. The van der Waals surface area contributed by atoms with Crippen LogP contribution in [0.3, 0.4) is 0 Å². The second-order valence-corrected chi connectivity index (χ2v) is 6.33. The lowest BCUT2D eigenvalue weighted by Crippen LogP contribution is -2.29. The van der Waals surface area contributed by atoms with Gasteiger partial charge >= 0.3 is 0 Å². The van der Waals surface area contributed by atoms with Crippen molar-refractivity contribution in [3.63, 3.8) is 0 Å². The Kier molecular flexibility index (Phi) is 3.34. The van der Waals surface area contributed by atoms with Crippen LogP contribution >= 0.6 is 0 Å². The third-order valence-electron chi connectivity index (χ3n) is 4.77.